The number of hydrogen-bond acceptors (Lipinski definition) is 4. The Hall–Kier alpha value is -1.76. The van der Waals surface area contributed by atoms with Gasteiger partial charge in [0.05, 0.1) is 0 Å². The summed E-state index contributed by atoms with van der Waals surface area (Å²) in [6.45, 7) is 8.06. The summed E-state index contributed by atoms with van der Waals surface area (Å²) in [6.07, 6.45) is 2.26. The highest BCUT2D eigenvalue weighted by Crippen LogP contribution is 2.35. The molecular formula is C22H28ClN3O2S. The van der Waals surface area contributed by atoms with Crippen molar-refractivity contribution in [2.24, 2.45) is 0 Å². The number of halogens is 1. The number of amides is 1. The smallest absolute Gasteiger partial charge is 0.253 e. The van der Waals surface area contributed by atoms with Crippen molar-refractivity contribution in [1.29, 1.82) is 0 Å². The van der Waals surface area contributed by atoms with E-state index >= 15 is 0 Å². The summed E-state index contributed by atoms with van der Waals surface area (Å²) in [5, 5.41) is 3.98. The number of aromatic nitrogens is 1. The Morgan fingerprint density at radius 3 is 2.59 bits per heavy atom. The number of aromatic amines is 1. The van der Waals surface area contributed by atoms with Crippen molar-refractivity contribution in [3.8, 4) is 0 Å². The standard InChI is InChI=1S/C22H28ClN3O2S/c1-13-9-14(2)25-22(28)19(13)12-24-21(27)18-10-16(23)11-20(15(18)3)29-17-5-7-26(4)8-6-17/h9-11,17H,5-8,12H2,1-4H3,(H,24,27)(H,25,28). The number of benzene rings is 1. The van der Waals surface area contributed by atoms with Crippen LogP contribution in [0.2, 0.25) is 5.02 Å². The molecule has 1 aliphatic rings. The molecule has 7 heteroatoms. The van der Waals surface area contributed by atoms with Crippen molar-refractivity contribution >= 4 is 29.3 Å². The number of pyridine rings is 1. The van der Waals surface area contributed by atoms with Gasteiger partial charge in [-0.05, 0) is 83.1 Å². The number of nitrogens with zero attached hydrogens (tertiary/aromatic N) is 1. The van der Waals surface area contributed by atoms with Gasteiger partial charge in [0.25, 0.3) is 11.5 Å². The highest BCUT2D eigenvalue weighted by Gasteiger charge is 2.21. The van der Waals surface area contributed by atoms with E-state index in [4.69, 9.17) is 11.6 Å². The Kier molecular flexibility index (Phi) is 7.09. The molecule has 3 rings (SSSR count). The van der Waals surface area contributed by atoms with Crippen LogP contribution in [-0.2, 0) is 6.54 Å². The second-order valence-electron chi connectivity index (χ2n) is 7.82. The number of hydrogen-bond donors (Lipinski definition) is 2. The van der Waals surface area contributed by atoms with Gasteiger partial charge in [0.15, 0.2) is 0 Å². The minimum atomic E-state index is -0.213. The fraction of sp³-hybridized carbons (Fsp3) is 0.455. The number of likely N-dealkylation sites (tertiary alicyclic amines) is 1. The number of aryl methyl sites for hydroxylation is 2. The lowest BCUT2D eigenvalue weighted by Crippen LogP contribution is -2.31. The monoisotopic (exact) mass is 433 g/mol. The number of carbonyl (C=O) groups excluding carboxylic acids is 1. The van der Waals surface area contributed by atoms with Gasteiger partial charge in [-0.1, -0.05) is 11.6 Å². The molecule has 2 aromatic rings. The SMILES string of the molecule is Cc1cc(C)c(CNC(=O)c2cc(Cl)cc(SC3CCN(C)CC3)c2C)c(=O)[nH]1. The summed E-state index contributed by atoms with van der Waals surface area (Å²) in [6, 6.07) is 5.56. The Morgan fingerprint density at radius 1 is 1.24 bits per heavy atom. The maximum absolute atomic E-state index is 12.9. The lowest BCUT2D eigenvalue weighted by atomic mass is 10.1. The summed E-state index contributed by atoms with van der Waals surface area (Å²) in [4.78, 5) is 31.3. The molecular weight excluding hydrogens is 406 g/mol. The predicted octanol–water partition coefficient (Wildman–Crippen LogP) is 4.07. The third-order valence-corrected chi connectivity index (χ3v) is 7.15. The van der Waals surface area contributed by atoms with E-state index in [1.807, 2.05) is 44.7 Å². The van der Waals surface area contributed by atoms with Gasteiger partial charge in [-0.15, -0.1) is 11.8 Å². The van der Waals surface area contributed by atoms with Gasteiger partial charge in [0.1, 0.15) is 0 Å². The largest absolute Gasteiger partial charge is 0.348 e. The van der Waals surface area contributed by atoms with Gasteiger partial charge in [0, 0.05) is 38.5 Å². The van der Waals surface area contributed by atoms with Crippen LogP contribution in [-0.4, -0.2) is 41.2 Å². The Labute approximate surface area is 181 Å². The number of rotatable bonds is 5. The average Bonchev–Trinajstić information content (AvgIpc) is 2.65. The molecule has 5 nitrogen and oxygen atoms in total. The van der Waals surface area contributed by atoms with Crippen LogP contribution >= 0.6 is 23.4 Å². The molecule has 156 valence electrons. The third-order valence-electron chi connectivity index (χ3n) is 5.45. The zero-order chi connectivity index (χ0) is 21.1. The van der Waals surface area contributed by atoms with E-state index in [1.54, 1.807) is 6.07 Å². The molecule has 1 saturated heterocycles. The Morgan fingerprint density at radius 2 is 1.93 bits per heavy atom. The van der Waals surface area contributed by atoms with E-state index in [9.17, 15) is 9.59 Å². The Balaban J connectivity index is 1.75. The van der Waals surface area contributed by atoms with Crippen molar-refractivity contribution < 1.29 is 4.79 Å². The Bertz CT molecular complexity index is 965. The second kappa shape index (κ2) is 9.37. The van der Waals surface area contributed by atoms with E-state index in [-0.39, 0.29) is 18.0 Å². The number of carbonyl (C=O) groups is 1. The second-order valence-corrected chi connectivity index (χ2v) is 9.60. The minimum Gasteiger partial charge on any atom is -0.348 e. The maximum Gasteiger partial charge on any atom is 0.253 e. The molecule has 0 saturated carbocycles. The number of nitrogens with one attached hydrogen (secondary N) is 2. The van der Waals surface area contributed by atoms with Crippen molar-refractivity contribution in [2.45, 2.75) is 50.3 Å². The number of H-pyrrole nitrogens is 1. The normalized spacial score (nSPS) is 15.5. The minimum absolute atomic E-state index is 0.163. The van der Waals surface area contributed by atoms with Gasteiger partial charge in [-0.2, -0.15) is 0 Å². The van der Waals surface area contributed by atoms with E-state index in [2.05, 4.69) is 22.2 Å². The van der Waals surface area contributed by atoms with E-state index in [0.717, 1.165) is 47.6 Å². The van der Waals surface area contributed by atoms with Crippen LogP contribution in [0.25, 0.3) is 0 Å². The van der Waals surface area contributed by atoms with E-state index in [1.165, 1.54) is 0 Å². The molecule has 0 spiro atoms. The average molecular weight is 434 g/mol. The fourth-order valence-electron chi connectivity index (χ4n) is 3.66. The molecule has 2 heterocycles. The van der Waals surface area contributed by atoms with Crippen LogP contribution in [0.5, 0.6) is 0 Å². The molecule has 0 unspecified atom stereocenters. The summed E-state index contributed by atoms with van der Waals surface area (Å²) >= 11 is 8.15. The first-order valence-corrected chi connectivity index (χ1v) is 11.1. The molecule has 1 aliphatic heterocycles. The van der Waals surface area contributed by atoms with Crippen LogP contribution in [0.1, 0.15) is 45.6 Å². The molecule has 0 radical (unpaired) electrons. The predicted molar refractivity (Wildman–Crippen MR) is 120 cm³/mol. The third kappa shape index (κ3) is 5.44. The zero-order valence-corrected chi connectivity index (χ0v) is 19.0. The first kappa shape index (κ1) is 21.9. The van der Waals surface area contributed by atoms with E-state index < -0.39 is 0 Å². The van der Waals surface area contributed by atoms with Gasteiger partial charge in [-0.3, -0.25) is 9.59 Å². The summed E-state index contributed by atoms with van der Waals surface area (Å²) in [5.41, 5.74) is 3.59. The van der Waals surface area contributed by atoms with Crippen LogP contribution < -0.4 is 10.9 Å². The van der Waals surface area contributed by atoms with Crippen molar-refractivity contribution in [1.82, 2.24) is 15.2 Å². The fourth-order valence-corrected chi connectivity index (χ4v) is 5.23. The molecule has 29 heavy (non-hydrogen) atoms. The summed E-state index contributed by atoms with van der Waals surface area (Å²) in [7, 11) is 2.15. The van der Waals surface area contributed by atoms with Crippen LogP contribution in [0.4, 0.5) is 0 Å². The van der Waals surface area contributed by atoms with E-state index in [0.29, 0.717) is 21.4 Å². The zero-order valence-electron chi connectivity index (χ0n) is 17.4. The highest BCUT2D eigenvalue weighted by atomic mass is 35.5. The van der Waals surface area contributed by atoms with Crippen molar-refractivity contribution in [2.75, 3.05) is 20.1 Å². The van der Waals surface area contributed by atoms with Crippen molar-refractivity contribution in [3.05, 3.63) is 61.5 Å². The molecule has 0 bridgehead atoms. The maximum atomic E-state index is 12.9. The van der Waals surface area contributed by atoms with Gasteiger partial charge >= 0.3 is 0 Å². The van der Waals surface area contributed by atoms with Gasteiger partial charge < -0.3 is 15.2 Å². The van der Waals surface area contributed by atoms with Gasteiger partial charge in [-0.25, -0.2) is 0 Å². The first-order valence-electron chi connectivity index (χ1n) is 9.87. The van der Waals surface area contributed by atoms with Gasteiger partial charge in [0.2, 0.25) is 0 Å². The van der Waals surface area contributed by atoms with Crippen LogP contribution in [0.15, 0.2) is 27.9 Å². The molecule has 0 aliphatic carbocycles. The first-order chi connectivity index (χ1) is 13.7. The molecule has 0 atom stereocenters. The topological polar surface area (TPSA) is 65.2 Å². The summed E-state index contributed by atoms with van der Waals surface area (Å²) < 4.78 is 0. The molecule has 1 aromatic carbocycles. The molecule has 1 fully saturated rings. The number of thioether (sulfide) groups is 1. The molecule has 1 aromatic heterocycles. The quantitative estimate of drug-likeness (QED) is 0.745. The van der Waals surface area contributed by atoms with Crippen molar-refractivity contribution in [3.63, 3.8) is 0 Å². The van der Waals surface area contributed by atoms with Crippen LogP contribution in [0.3, 0.4) is 0 Å². The molecule has 2 N–H and O–H groups in total. The summed E-state index contributed by atoms with van der Waals surface area (Å²) in [5.74, 6) is -0.213. The lowest BCUT2D eigenvalue weighted by Gasteiger charge is -2.29. The lowest BCUT2D eigenvalue weighted by molar-refractivity contribution is 0.0950. The highest BCUT2D eigenvalue weighted by molar-refractivity contribution is 8.00. The molecule has 1 amide bonds. The van der Waals surface area contributed by atoms with Crippen LogP contribution in [0, 0.1) is 20.8 Å². The number of piperidine rings is 1.